The maximum Gasteiger partial charge on any atom is 0.154 e. The van der Waals surface area contributed by atoms with E-state index in [9.17, 15) is 0 Å². The number of fused-ring (bicyclic) bond motifs is 2. The largest absolute Gasteiger partial charge is 0.264 e. The standard InChI is InChI=1S/C8H21N4P/c1-4-11(2)7-13-6-9-5-12(3,8-13)10-11/h9-10H,4-8H2,1-3H3/q+2/t11-,12?,13?/m1/s1. The lowest BCUT2D eigenvalue weighted by atomic mass is 10.6. The van der Waals surface area contributed by atoms with Crippen molar-refractivity contribution in [1.29, 1.82) is 0 Å². The van der Waals surface area contributed by atoms with E-state index in [4.69, 9.17) is 0 Å². The van der Waals surface area contributed by atoms with Gasteiger partial charge in [-0.15, -0.1) is 0 Å². The third kappa shape index (κ3) is 1.88. The first-order valence-electron chi connectivity index (χ1n) is 4.97. The van der Waals surface area contributed by atoms with Crippen LogP contribution in [0.5, 0.6) is 0 Å². The molecule has 2 unspecified atom stereocenters. The second kappa shape index (κ2) is 3.14. The molecule has 2 aliphatic rings. The third-order valence-electron chi connectivity index (χ3n) is 3.00. The number of hydrogen-bond donors (Lipinski definition) is 2. The molecule has 0 aromatic heterocycles. The molecule has 76 valence electrons. The van der Waals surface area contributed by atoms with Gasteiger partial charge in [-0.1, -0.05) is 0 Å². The van der Waals surface area contributed by atoms with E-state index in [-0.39, 0.29) is 7.92 Å². The Kier molecular flexibility index (Phi) is 2.37. The molecular weight excluding hydrogens is 183 g/mol. The van der Waals surface area contributed by atoms with Crippen LogP contribution in [-0.4, -0.2) is 55.4 Å². The van der Waals surface area contributed by atoms with Gasteiger partial charge in [-0.3, -0.25) is 5.32 Å². The summed E-state index contributed by atoms with van der Waals surface area (Å²) < 4.78 is 2.06. The lowest BCUT2D eigenvalue weighted by Gasteiger charge is -2.51. The second-order valence-corrected chi connectivity index (χ2v) is 6.95. The van der Waals surface area contributed by atoms with E-state index in [0.717, 1.165) is 15.9 Å². The molecule has 0 amide bonds. The fourth-order valence-electron chi connectivity index (χ4n) is 2.38. The van der Waals surface area contributed by atoms with E-state index in [1.54, 1.807) is 0 Å². The molecule has 5 heteroatoms. The van der Waals surface area contributed by atoms with Crippen LogP contribution in [0.2, 0.25) is 0 Å². The SMILES string of the molecule is CC[N@+]1(C)CP2CNC[N+](C)(C2)N1. The second-order valence-electron chi connectivity index (χ2n) is 4.73. The zero-order chi connectivity index (χ0) is 9.53. The zero-order valence-electron chi connectivity index (χ0n) is 8.88. The summed E-state index contributed by atoms with van der Waals surface area (Å²) in [5.74, 6) is 0. The van der Waals surface area contributed by atoms with Crippen LogP contribution in [0.4, 0.5) is 0 Å². The first kappa shape index (κ1) is 9.81. The summed E-state index contributed by atoms with van der Waals surface area (Å²) in [6, 6.07) is 0. The molecule has 0 radical (unpaired) electrons. The molecule has 2 bridgehead atoms. The minimum Gasteiger partial charge on any atom is -0.264 e. The number of rotatable bonds is 1. The predicted molar refractivity (Wildman–Crippen MR) is 55.6 cm³/mol. The monoisotopic (exact) mass is 204 g/mol. The molecule has 4 nitrogen and oxygen atoms in total. The normalized spacial score (nSPS) is 50.5. The molecule has 13 heavy (non-hydrogen) atoms. The summed E-state index contributed by atoms with van der Waals surface area (Å²) in [6.45, 7) is 4.53. The van der Waals surface area contributed by atoms with Gasteiger partial charge in [0, 0.05) is 14.2 Å². The lowest BCUT2D eigenvalue weighted by molar-refractivity contribution is -1.15. The Morgan fingerprint density at radius 1 is 1.31 bits per heavy atom. The van der Waals surface area contributed by atoms with Crippen LogP contribution in [0.1, 0.15) is 6.92 Å². The molecule has 0 spiro atoms. The van der Waals surface area contributed by atoms with E-state index in [1.807, 2.05) is 0 Å². The number of nitrogens with one attached hydrogen (secondary N) is 2. The van der Waals surface area contributed by atoms with Crippen molar-refractivity contribution in [3.63, 3.8) is 0 Å². The fourth-order valence-corrected chi connectivity index (χ4v) is 5.28. The Morgan fingerprint density at radius 3 is 2.69 bits per heavy atom. The molecular formula is C8H21N4P+2. The summed E-state index contributed by atoms with van der Waals surface area (Å²) in [5, 5.41) is 3.52. The number of quaternary nitrogens is 2. The van der Waals surface area contributed by atoms with E-state index >= 15 is 0 Å². The topological polar surface area (TPSA) is 24.1 Å². The first-order chi connectivity index (χ1) is 6.05. The summed E-state index contributed by atoms with van der Waals surface area (Å²) in [5.41, 5.74) is 3.72. The minimum atomic E-state index is 0.206. The van der Waals surface area contributed by atoms with Crippen LogP contribution in [0, 0.1) is 0 Å². The quantitative estimate of drug-likeness (QED) is 0.472. The Hall–Kier alpha value is 0.270. The molecule has 0 aromatic rings. The summed E-state index contributed by atoms with van der Waals surface area (Å²) in [6.07, 6.45) is 3.93. The van der Waals surface area contributed by atoms with Crippen LogP contribution in [0.15, 0.2) is 0 Å². The first-order valence-corrected chi connectivity index (χ1v) is 6.87. The molecule has 2 heterocycles. The van der Waals surface area contributed by atoms with Crippen molar-refractivity contribution in [2.75, 3.05) is 46.2 Å². The maximum absolute atomic E-state index is 3.72. The molecule has 3 atom stereocenters. The highest BCUT2D eigenvalue weighted by molar-refractivity contribution is 7.57. The van der Waals surface area contributed by atoms with Gasteiger partial charge in [-0.05, 0) is 12.5 Å². The van der Waals surface area contributed by atoms with Gasteiger partial charge in [0.25, 0.3) is 0 Å². The third-order valence-corrected chi connectivity index (χ3v) is 5.72. The molecule has 0 aliphatic carbocycles. The van der Waals surface area contributed by atoms with Crippen molar-refractivity contribution >= 4 is 7.92 Å². The van der Waals surface area contributed by atoms with Gasteiger partial charge < -0.3 is 0 Å². The summed E-state index contributed by atoms with van der Waals surface area (Å²) in [4.78, 5) is 0. The highest BCUT2D eigenvalue weighted by Crippen LogP contribution is 2.43. The average Bonchev–Trinajstić information content (AvgIpc) is 2.01. The number of hydrogen-bond acceptors (Lipinski definition) is 2. The lowest BCUT2D eigenvalue weighted by Crippen LogP contribution is -2.76. The van der Waals surface area contributed by atoms with Gasteiger partial charge in [0.1, 0.15) is 12.6 Å². The molecule has 0 saturated carbocycles. The molecule has 2 N–H and O–H groups in total. The average molecular weight is 204 g/mol. The minimum absolute atomic E-state index is 0.206. The van der Waals surface area contributed by atoms with Gasteiger partial charge >= 0.3 is 0 Å². The molecule has 2 fully saturated rings. The van der Waals surface area contributed by atoms with Crippen LogP contribution in [0.3, 0.4) is 0 Å². The smallest absolute Gasteiger partial charge is 0.154 e. The Morgan fingerprint density at radius 2 is 2.08 bits per heavy atom. The van der Waals surface area contributed by atoms with Crippen molar-refractivity contribution in [3.05, 3.63) is 0 Å². The predicted octanol–water partition coefficient (Wildman–Crippen LogP) is 0.248. The van der Waals surface area contributed by atoms with Crippen LogP contribution < -0.4 is 10.9 Å². The Bertz CT molecular complexity index is 210. The van der Waals surface area contributed by atoms with Crippen molar-refractivity contribution < 1.29 is 9.18 Å². The number of nitrogens with zero attached hydrogens (tertiary/aromatic N) is 2. The fraction of sp³-hybridized carbons (Fsp3) is 1.00. The summed E-state index contributed by atoms with van der Waals surface area (Å²) in [7, 11) is 4.82. The van der Waals surface area contributed by atoms with E-state index in [2.05, 4.69) is 31.9 Å². The van der Waals surface area contributed by atoms with Gasteiger partial charge in [0.2, 0.25) is 0 Å². The van der Waals surface area contributed by atoms with Gasteiger partial charge in [-0.2, -0.15) is 4.59 Å². The van der Waals surface area contributed by atoms with Crippen molar-refractivity contribution in [2.24, 2.45) is 0 Å². The highest BCUT2D eigenvalue weighted by Gasteiger charge is 2.45. The van der Waals surface area contributed by atoms with Crippen LogP contribution in [0.25, 0.3) is 0 Å². The van der Waals surface area contributed by atoms with Gasteiger partial charge in [0.05, 0.1) is 20.6 Å². The molecule has 2 aliphatic heterocycles. The van der Waals surface area contributed by atoms with Crippen molar-refractivity contribution in [3.8, 4) is 0 Å². The van der Waals surface area contributed by atoms with Crippen LogP contribution >= 0.6 is 7.92 Å². The molecule has 2 saturated heterocycles. The zero-order valence-corrected chi connectivity index (χ0v) is 9.77. The molecule has 2 rings (SSSR count). The van der Waals surface area contributed by atoms with Gasteiger partial charge in [0.15, 0.2) is 6.67 Å². The van der Waals surface area contributed by atoms with Crippen LogP contribution in [-0.2, 0) is 0 Å². The highest BCUT2D eigenvalue weighted by atomic mass is 31.1. The van der Waals surface area contributed by atoms with Gasteiger partial charge in [-0.25, -0.2) is 4.59 Å². The Balaban J connectivity index is 2.15. The summed E-state index contributed by atoms with van der Waals surface area (Å²) >= 11 is 0. The van der Waals surface area contributed by atoms with E-state index < -0.39 is 0 Å². The Labute approximate surface area is 81.8 Å². The van der Waals surface area contributed by atoms with E-state index in [0.29, 0.717) is 0 Å². The molecule has 0 aromatic carbocycles. The van der Waals surface area contributed by atoms with E-state index in [1.165, 1.54) is 25.4 Å². The maximum atomic E-state index is 3.72. The van der Waals surface area contributed by atoms with Crippen molar-refractivity contribution in [2.45, 2.75) is 6.92 Å². The van der Waals surface area contributed by atoms with Crippen molar-refractivity contribution in [1.82, 2.24) is 10.9 Å².